The Hall–Kier alpha value is -2.04. The minimum Gasteiger partial charge on any atom is -0.467 e. The summed E-state index contributed by atoms with van der Waals surface area (Å²) in [6.45, 7) is 0.817. The van der Waals surface area contributed by atoms with E-state index in [-0.39, 0.29) is 18.5 Å². The Bertz CT molecular complexity index is 545. The molecule has 0 spiro atoms. The average Bonchev–Trinajstić information content (AvgIpc) is 3.13. The molecule has 2 aliphatic rings. The molecule has 0 N–H and O–H groups in total. The predicted octanol–water partition coefficient (Wildman–Crippen LogP) is 2.60. The lowest BCUT2D eigenvalue weighted by molar-refractivity contribution is -0.146. The van der Waals surface area contributed by atoms with Crippen LogP contribution in [-0.2, 0) is 20.9 Å². The Morgan fingerprint density at radius 3 is 2.73 bits per heavy atom. The van der Waals surface area contributed by atoms with Gasteiger partial charge in [0.05, 0.1) is 7.11 Å². The molecule has 3 rings (SSSR count). The Morgan fingerprint density at radius 1 is 1.23 bits per heavy atom. The van der Waals surface area contributed by atoms with Gasteiger partial charge in [-0.15, -0.1) is 0 Å². The maximum absolute atomic E-state index is 12.4. The molecule has 0 bridgehead atoms. The zero-order valence-corrected chi connectivity index (χ0v) is 12.7. The first-order valence-corrected chi connectivity index (χ1v) is 7.76. The van der Waals surface area contributed by atoms with E-state index in [0.29, 0.717) is 12.5 Å². The highest BCUT2D eigenvalue weighted by molar-refractivity contribution is 5.82. The first-order valence-electron chi connectivity index (χ1n) is 7.76. The molecule has 5 heteroatoms. The highest BCUT2D eigenvalue weighted by Gasteiger charge is 2.50. The molecule has 0 unspecified atom stereocenters. The van der Waals surface area contributed by atoms with Crippen LogP contribution in [0.3, 0.4) is 0 Å². The lowest BCUT2D eigenvalue weighted by Gasteiger charge is -2.25. The number of carbonyl (C=O) groups is 2. The third-order valence-electron chi connectivity index (χ3n) is 4.77. The standard InChI is InChI=1S/C17H21NO4/c1-21-16(19)15-14-9-5-8-13(14)10-18(15)17(20)22-11-12-6-3-2-4-7-12/h2-4,6-7,13-15H,5,8-11H2,1H3/t13-,14-,15+/m1/s1. The van der Waals surface area contributed by atoms with Crippen LogP contribution in [0.4, 0.5) is 4.79 Å². The summed E-state index contributed by atoms with van der Waals surface area (Å²) in [6, 6.07) is 9.05. The lowest BCUT2D eigenvalue weighted by Crippen LogP contribution is -2.44. The average molecular weight is 303 g/mol. The van der Waals surface area contributed by atoms with Gasteiger partial charge in [-0.1, -0.05) is 36.8 Å². The lowest BCUT2D eigenvalue weighted by atomic mass is 9.94. The van der Waals surface area contributed by atoms with Gasteiger partial charge in [0.1, 0.15) is 12.6 Å². The second-order valence-corrected chi connectivity index (χ2v) is 6.02. The largest absolute Gasteiger partial charge is 0.467 e. The van der Waals surface area contributed by atoms with Gasteiger partial charge >= 0.3 is 12.1 Å². The molecule has 0 radical (unpaired) electrons. The number of hydrogen-bond donors (Lipinski definition) is 0. The van der Waals surface area contributed by atoms with Crippen LogP contribution < -0.4 is 0 Å². The summed E-state index contributed by atoms with van der Waals surface area (Å²) in [7, 11) is 1.37. The third-order valence-corrected chi connectivity index (χ3v) is 4.77. The van der Waals surface area contributed by atoms with Crippen LogP contribution in [0.25, 0.3) is 0 Å². The van der Waals surface area contributed by atoms with Crippen LogP contribution in [0.1, 0.15) is 24.8 Å². The van der Waals surface area contributed by atoms with E-state index in [9.17, 15) is 9.59 Å². The van der Waals surface area contributed by atoms with E-state index in [1.165, 1.54) is 7.11 Å². The van der Waals surface area contributed by atoms with Gasteiger partial charge in [-0.25, -0.2) is 9.59 Å². The molecule has 1 amide bonds. The third kappa shape index (κ3) is 2.80. The summed E-state index contributed by atoms with van der Waals surface area (Å²) in [4.78, 5) is 26.0. The number of ether oxygens (including phenoxy) is 2. The van der Waals surface area contributed by atoms with Crippen molar-refractivity contribution in [1.82, 2.24) is 4.90 Å². The van der Waals surface area contributed by atoms with Gasteiger partial charge < -0.3 is 9.47 Å². The molecule has 118 valence electrons. The molecule has 1 heterocycles. The van der Waals surface area contributed by atoms with Crippen LogP contribution in [-0.4, -0.2) is 36.7 Å². The molecule has 22 heavy (non-hydrogen) atoms. The van der Waals surface area contributed by atoms with Crippen LogP contribution in [0.2, 0.25) is 0 Å². The smallest absolute Gasteiger partial charge is 0.410 e. The number of esters is 1. The van der Waals surface area contributed by atoms with Gasteiger partial charge in [0.15, 0.2) is 0 Å². The fourth-order valence-corrected chi connectivity index (χ4v) is 3.72. The molecular weight excluding hydrogens is 282 g/mol. The predicted molar refractivity (Wildman–Crippen MR) is 80.0 cm³/mol. The summed E-state index contributed by atoms with van der Waals surface area (Å²) in [5, 5.41) is 0. The highest BCUT2D eigenvalue weighted by Crippen LogP contribution is 2.42. The number of benzene rings is 1. The first kappa shape index (κ1) is 14.9. The molecule has 1 saturated carbocycles. The Labute approximate surface area is 130 Å². The van der Waals surface area contributed by atoms with E-state index < -0.39 is 12.1 Å². The number of rotatable bonds is 3. The Balaban J connectivity index is 1.66. The van der Waals surface area contributed by atoms with E-state index >= 15 is 0 Å². The number of hydrogen-bond acceptors (Lipinski definition) is 4. The second kappa shape index (κ2) is 6.38. The number of nitrogens with zero attached hydrogens (tertiary/aromatic N) is 1. The normalized spacial score (nSPS) is 26.6. The summed E-state index contributed by atoms with van der Waals surface area (Å²) >= 11 is 0. The topological polar surface area (TPSA) is 55.8 Å². The molecular formula is C17H21NO4. The van der Waals surface area contributed by atoms with E-state index in [0.717, 1.165) is 24.8 Å². The number of fused-ring (bicyclic) bond motifs is 1. The minimum absolute atomic E-state index is 0.219. The molecule has 2 fully saturated rings. The van der Waals surface area contributed by atoms with E-state index in [4.69, 9.17) is 9.47 Å². The van der Waals surface area contributed by atoms with Crippen LogP contribution in [0, 0.1) is 11.8 Å². The van der Waals surface area contributed by atoms with Crippen LogP contribution >= 0.6 is 0 Å². The molecule has 1 aliphatic heterocycles. The van der Waals surface area contributed by atoms with Gasteiger partial charge in [-0.3, -0.25) is 4.90 Å². The maximum Gasteiger partial charge on any atom is 0.410 e. The van der Waals surface area contributed by atoms with Gasteiger partial charge in [0.25, 0.3) is 0 Å². The maximum atomic E-state index is 12.4. The minimum atomic E-state index is -0.485. The van der Waals surface area contributed by atoms with Crippen molar-refractivity contribution >= 4 is 12.1 Å². The van der Waals surface area contributed by atoms with E-state index in [2.05, 4.69) is 0 Å². The molecule has 1 aromatic carbocycles. The summed E-state index contributed by atoms with van der Waals surface area (Å²) < 4.78 is 10.3. The number of likely N-dealkylation sites (tertiary alicyclic amines) is 1. The SMILES string of the molecule is COC(=O)[C@@H]1[C@@H]2CCC[C@@H]2CN1C(=O)OCc1ccccc1. The molecule has 1 aromatic rings. The van der Waals surface area contributed by atoms with E-state index in [1.54, 1.807) is 4.90 Å². The Kier molecular flexibility index (Phi) is 4.32. The van der Waals surface area contributed by atoms with Crippen molar-refractivity contribution in [3.63, 3.8) is 0 Å². The van der Waals surface area contributed by atoms with Gasteiger partial charge in [0, 0.05) is 6.54 Å². The van der Waals surface area contributed by atoms with Crippen LogP contribution in [0.15, 0.2) is 30.3 Å². The zero-order valence-electron chi connectivity index (χ0n) is 12.7. The molecule has 5 nitrogen and oxygen atoms in total. The molecule has 1 saturated heterocycles. The van der Waals surface area contributed by atoms with Crippen LogP contribution in [0.5, 0.6) is 0 Å². The van der Waals surface area contributed by atoms with Gasteiger partial charge in [-0.2, -0.15) is 0 Å². The van der Waals surface area contributed by atoms with Gasteiger partial charge in [-0.05, 0) is 30.2 Å². The van der Waals surface area contributed by atoms with E-state index in [1.807, 2.05) is 30.3 Å². The van der Waals surface area contributed by atoms with Crippen molar-refractivity contribution < 1.29 is 19.1 Å². The second-order valence-electron chi connectivity index (χ2n) is 6.02. The zero-order chi connectivity index (χ0) is 15.5. The van der Waals surface area contributed by atoms with Crippen molar-refractivity contribution in [1.29, 1.82) is 0 Å². The monoisotopic (exact) mass is 303 g/mol. The highest BCUT2D eigenvalue weighted by atomic mass is 16.6. The quantitative estimate of drug-likeness (QED) is 0.805. The number of carbonyl (C=O) groups excluding carboxylic acids is 2. The fourth-order valence-electron chi connectivity index (χ4n) is 3.72. The van der Waals surface area contributed by atoms with Crippen molar-refractivity contribution in [3.8, 4) is 0 Å². The number of methoxy groups -OCH3 is 1. The summed E-state index contributed by atoms with van der Waals surface area (Å²) in [5.74, 6) is 0.288. The molecule has 1 aliphatic carbocycles. The fraction of sp³-hybridized carbons (Fsp3) is 0.529. The van der Waals surface area contributed by atoms with Crippen molar-refractivity contribution in [3.05, 3.63) is 35.9 Å². The number of amides is 1. The molecule has 3 atom stereocenters. The van der Waals surface area contributed by atoms with Crippen molar-refractivity contribution in [2.75, 3.05) is 13.7 Å². The first-order chi connectivity index (χ1) is 10.7. The Morgan fingerprint density at radius 2 is 2.00 bits per heavy atom. The van der Waals surface area contributed by atoms with Crippen molar-refractivity contribution in [2.45, 2.75) is 31.9 Å². The summed E-state index contributed by atoms with van der Waals surface area (Å²) in [5.41, 5.74) is 0.935. The van der Waals surface area contributed by atoms with Gasteiger partial charge in [0.2, 0.25) is 0 Å². The molecule has 0 aromatic heterocycles. The van der Waals surface area contributed by atoms with Crippen molar-refractivity contribution in [2.24, 2.45) is 11.8 Å². The summed E-state index contributed by atoms with van der Waals surface area (Å²) in [6.07, 6.45) is 2.75.